The number of unbranched alkanes of at least 4 members (excludes halogenated alkanes) is 3. The van der Waals surface area contributed by atoms with E-state index < -0.39 is 0 Å². The molecule has 1 aliphatic heterocycles. The fraction of sp³-hybridized carbons (Fsp3) is 0.405. The first-order valence-corrected chi connectivity index (χ1v) is 17.0. The molecule has 13 nitrogen and oxygen atoms in total. The van der Waals surface area contributed by atoms with Gasteiger partial charge in [0.25, 0.3) is 0 Å². The molecule has 0 atom stereocenters. The largest absolute Gasteiger partial charge is 0.497 e. The second kappa shape index (κ2) is 18.0. The van der Waals surface area contributed by atoms with Gasteiger partial charge in [-0.3, -0.25) is 19.7 Å². The third-order valence-corrected chi connectivity index (χ3v) is 8.80. The highest BCUT2D eigenvalue weighted by atomic mass is 16.5. The number of hydrogen-bond acceptors (Lipinski definition) is 11. The molecule has 1 aliphatic rings. The van der Waals surface area contributed by atoms with Gasteiger partial charge in [-0.25, -0.2) is 10.5 Å². The molecule has 1 saturated heterocycles. The summed E-state index contributed by atoms with van der Waals surface area (Å²) in [5.74, 6) is 2.73. The van der Waals surface area contributed by atoms with Gasteiger partial charge in [-0.2, -0.15) is 4.98 Å². The third-order valence-electron chi connectivity index (χ3n) is 8.80. The van der Waals surface area contributed by atoms with Crippen LogP contribution < -0.4 is 35.6 Å². The van der Waals surface area contributed by atoms with Crippen molar-refractivity contribution in [3.05, 3.63) is 66.2 Å². The average Bonchev–Trinajstić information content (AvgIpc) is 3.14. The first-order valence-electron chi connectivity index (χ1n) is 17.0. The number of hydrogen-bond donors (Lipinski definition) is 5. The Bertz CT molecular complexity index is 1710. The van der Waals surface area contributed by atoms with Crippen molar-refractivity contribution in [2.75, 3.05) is 50.4 Å². The van der Waals surface area contributed by atoms with Gasteiger partial charge in [-0.1, -0.05) is 25.0 Å². The van der Waals surface area contributed by atoms with Crippen molar-refractivity contribution < 1.29 is 29.0 Å². The Balaban J connectivity index is 1.21. The van der Waals surface area contributed by atoms with Crippen molar-refractivity contribution in [2.24, 2.45) is 0 Å². The van der Waals surface area contributed by atoms with E-state index in [1.54, 1.807) is 26.8 Å². The van der Waals surface area contributed by atoms with Crippen LogP contribution in [0.5, 0.6) is 17.2 Å². The molecule has 0 unspecified atom stereocenters. The summed E-state index contributed by atoms with van der Waals surface area (Å²) >= 11 is 0. The fourth-order valence-corrected chi connectivity index (χ4v) is 6.01. The molecular formula is C37H47N7O6. The number of aromatic nitrogens is 2. The van der Waals surface area contributed by atoms with Crippen LogP contribution in [0.2, 0.25) is 0 Å². The minimum Gasteiger partial charge on any atom is -0.497 e. The lowest BCUT2D eigenvalue weighted by Crippen LogP contribution is -2.38. The van der Waals surface area contributed by atoms with Crippen molar-refractivity contribution in [3.63, 3.8) is 0 Å². The molecule has 5 rings (SSSR count). The van der Waals surface area contributed by atoms with Gasteiger partial charge in [0.05, 0.1) is 26.8 Å². The highest BCUT2D eigenvalue weighted by Gasteiger charge is 2.22. The zero-order chi connectivity index (χ0) is 35.3. The molecular weight excluding hydrogens is 638 g/mol. The van der Waals surface area contributed by atoms with E-state index in [1.165, 1.54) is 5.56 Å². The second-order valence-electron chi connectivity index (χ2n) is 12.4. The number of fused-ring (bicyclic) bond motifs is 1. The quantitative estimate of drug-likeness (QED) is 0.0485. The van der Waals surface area contributed by atoms with E-state index in [-0.39, 0.29) is 24.3 Å². The van der Waals surface area contributed by atoms with Gasteiger partial charge >= 0.3 is 0 Å². The summed E-state index contributed by atoms with van der Waals surface area (Å²) in [4.78, 5) is 35.7. The zero-order valence-corrected chi connectivity index (χ0v) is 29.0. The summed E-state index contributed by atoms with van der Waals surface area (Å²) in [5.41, 5.74) is 5.07. The van der Waals surface area contributed by atoms with Crippen LogP contribution in [0.25, 0.3) is 10.9 Å². The molecule has 0 aliphatic carbocycles. The standard InChI is InChI=1S/C37H47N7O6/c1-48-29-16-10-25(11-17-29)24-44-20-18-28(19-21-44)39-36-30-22-32(49-2)33(50-3)23-31(30)41-37(42-36)40-27-14-12-26(13-15-27)38-34(45)8-6-4-5-7-9-35(46)43-47/h10-17,22-23,28,47H,4-9,18-21,24H2,1-3H3,(H,38,45)(H,43,46)(H2,39,40,41,42). The number of carbonyl (C=O) groups is 2. The molecule has 50 heavy (non-hydrogen) atoms. The summed E-state index contributed by atoms with van der Waals surface area (Å²) in [6.07, 6.45) is 5.65. The maximum absolute atomic E-state index is 12.4. The van der Waals surface area contributed by atoms with Crippen LogP contribution in [0.3, 0.4) is 0 Å². The lowest BCUT2D eigenvalue weighted by molar-refractivity contribution is -0.129. The Morgan fingerprint density at radius 2 is 1.44 bits per heavy atom. The number of methoxy groups -OCH3 is 3. The number of likely N-dealkylation sites (tertiary alicyclic amines) is 1. The number of hydroxylamine groups is 1. The topological polar surface area (TPSA) is 159 Å². The van der Waals surface area contributed by atoms with Crippen molar-refractivity contribution in [2.45, 2.75) is 64.0 Å². The molecule has 3 aromatic carbocycles. The summed E-state index contributed by atoms with van der Waals surface area (Å²) in [6.45, 7) is 2.82. The number of nitrogens with zero attached hydrogens (tertiary/aromatic N) is 3. The number of ether oxygens (including phenoxy) is 3. The molecule has 2 heterocycles. The number of rotatable bonds is 17. The lowest BCUT2D eigenvalue weighted by Gasteiger charge is -2.33. The molecule has 0 saturated carbocycles. The maximum atomic E-state index is 12.4. The summed E-state index contributed by atoms with van der Waals surface area (Å²) < 4.78 is 16.5. The van der Waals surface area contributed by atoms with Crippen LogP contribution in [0.4, 0.5) is 23.1 Å². The predicted octanol–water partition coefficient (Wildman–Crippen LogP) is 6.26. The zero-order valence-electron chi connectivity index (χ0n) is 29.0. The minimum absolute atomic E-state index is 0.0664. The molecule has 0 bridgehead atoms. The SMILES string of the molecule is COc1ccc(CN2CCC(Nc3nc(Nc4ccc(NC(=O)CCCCCCC(=O)NO)cc4)nc4cc(OC)c(OC)cc34)CC2)cc1. The van der Waals surface area contributed by atoms with Crippen LogP contribution >= 0.6 is 0 Å². The van der Waals surface area contributed by atoms with Crippen molar-refractivity contribution >= 4 is 45.9 Å². The average molecular weight is 686 g/mol. The molecule has 13 heteroatoms. The molecule has 5 N–H and O–H groups in total. The van der Waals surface area contributed by atoms with Gasteiger partial charge in [0.2, 0.25) is 17.8 Å². The molecule has 1 fully saturated rings. The van der Waals surface area contributed by atoms with E-state index in [1.807, 2.05) is 48.5 Å². The fourth-order valence-electron chi connectivity index (χ4n) is 6.01. The first kappa shape index (κ1) is 36.1. The minimum atomic E-state index is -0.389. The number of benzene rings is 3. The van der Waals surface area contributed by atoms with Crippen molar-refractivity contribution in [3.8, 4) is 17.2 Å². The Kier molecular flexibility index (Phi) is 13.0. The van der Waals surface area contributed by atoms with Gasteiger partial charge in [-0.15, -0.1) is 0 Å². The molecule has 2 amide bonds. The lowest BCUT2D eigenvalue weighted by atomic mass is 10.0. The maximum Gasteiger partial charge on any atom is 0.243 e. The van der Waals surface area contributed by atoms with Crippen LogP contribution in [0.15, 0.2) is 60.7 Å². The predicted molar refractivity (Wildman–Crippen MR) is 194 cm³/mol. The van der Waals surface area contributed by atoms with Gasteiger partial charge in [-0.05, 0) is 73.7 Å². The first-order chi connectivity index (χ1) is 24.4. The van der Waals surface area contributed by atoms with E-state index in [0.29, 0.717) is 47.3 Å². The molecule has 0 spiro atoms. The van der Waals surface area contributed by atoms with Gasteiger partial charge in [0.15, 0.2) is 11.5 Å². The second-order valence-corrected chi connectivity index (χ2v) is 12.4. The van der Waals surface area contributed by atoms with E-state index in [4.69, 9.17) is 29.4 Å². The van der Waals surface area contributed by atoms with E-state index >= 15 is 0 Å². The third kappa shape index (κ3) is 10.2. The van der Waals surface area contributed by atoms with E-state index in [2.05, 4.69) is 33.0 Å². The Labute approximate surface area is 292 Å². The smallest absolute Gasteiger partial charge is 0.243 e. The Morgan fingerprint density at radius 1 is 0.800 bits per heavy atom. The summed E-state index contributed by atoms with van der Waals surface area (Å²) in [7, 11) is 4.90. The number of amides is 2. The highest BCUT2D eigenvalue weighted by Crippen LogP contribution is 2.35. The Morgan fingerprint density at radius 3 is 2.08 bits per heavy atom. The molecule has 266 valence electrons. The summed E-state index contributed by atoms with van der Waals surface area (Å²) in [5, 5.41) is 19.3. The highest BCUT2D eigenvalue weighted by molar-refractivity contribution is 5.93. The van der Waals surface area contributed by atoms with E-state index in [0.717, 1.165) is 68.6 Å². The molecule has 0 radical (unpaired) electrons. The van der Waals surface area contributed by atoms with Crippen molar-refractivity contribution in [1.82, 2.24) is 20.3 Å². The summed E-state index contributed by atoms with van der Waals surface area (Å²) in [6, 6.07) is 19.7. The number of carbonyl (C=O) groups excluding carboxylic acids is 2. The molecule has 4 aromatic rings. The van der Waals surface area contributed by atoms with Gasteiger partial charge in [0, 0.05) is 61.3 Å². The molecule has 1 aromatic heterocycles. The van der Waals surface area contributed by atoms with Crippen LogP contribution in [-0.4, -0.2) is 72.4 Å². The van der Waals surface area contributed by atoms with Gasteiger partial charge < -0.3 is 30.2 Å². The van der Waals surface area contributed by atoms with Crippen LogP contribution in [0.1, 0.15) is 56.9 Å². The number of piperidine rings is 1. The normalized spacial score (nSPS) is 13.4. The number of anilines is 4. The monoisotopic (exact) mass is 685 g/mol. The Hall–Kier alpha value is -5.14. The van der Waals surface area contributed by atoms with E-state index in [9.17, 15) is 9.59 Å². The van der Waals surface area contributed by atoms with Crippen LogP contribution in [0, 0.1) is 0 Å². The van der Waals surface area contributed by atoms with Crippen LogP contribution in [-0.2, 0) is 16.1 Å². The number of nitrogens with one attached hydrogen (secondary N) is 4. The van der Waals surface area contributed by atoms with Gasteiger partial charge in [0.1, 0.15) is 11.6 Å². The van der Waals surface area contributed by atoms with Crippen molar-refractivity contribution in [1.29, 1.82) is 0 Å².